The molecule has 2 N–H and O–H groups in total. The van der Waals surface area contributed by atoms with Crippen molar-refractivity contribution in [2.75, 3.05) is 0 Å². The topological polar surface area (TPSA) is 49.7 Å². The normalized spacial score (nSPS) is 12.0. The highest BCUT2D eigenvalue weighted by Gasteiger charge is 2.23. The summed E-state index contributed by atoms with van der Waals surface area (Å²) in [5.74, 6) is 0.570. The molecule has 4 heteroatoms. The molecule has 0 fully saturated rings. The van der Waals surface area contributed by atoms with Crippen molar-refractivity contribution in [2.24, 2.45) is 0 Å². The van der Waals surface area contributed by atoms with Crippen molar-refractivity contribution < 1.29 is 14.3 Å². The molecule has 0 spiro atoms. The Balaban J connectivity index is 3.33. The van der Waals surface area contributed by atoms with Gasteiger partial charge in [-0.3, -0.25) is 0 Å². The van der Waals surface area contributed by atoms with E-state index in [9.17, 15) is 0 Å². The molecule has 0 radical (unpaired) electrons. The summed E-state index contributed by atoms with van der Waals surface area (Å²) < 4.78 is 5.11. The van der Waals surface area contributed by atoms with Crippen LogP contribution >= 0.6 is 8.60 Å². The van der Waals surface area contributed by atoms with Gasteiger partial charge in [0.25, 0.3) is 0 Å². The van der Waals surface area contributed by atoms with Gasteiger partial charge >= 0.3 is 8.60 Å². The van der Waals surface area contributed by atoms with Gasteiger partial charge in [-0.2, -0.15) is 0 Å². The average Bonchev–Trinajstić information content (AvgIpc) is 1.96. The Kier molecular flexibility index (Phi) is 3.95. The largest absolute Gasteiger partial charge is 0.427 e. The lowest BCUT2D eigenvalue weighted by atomic mass is 9.83. The highest BCUT2D eigenvalue weighted by Crippen LogP contribution is 2.40. The summed E-state index contributed by atoms with van der Waals surface area (Å²) in [4.78, 5) is 18.0. The van der Waals surface area contributed by atoms with E-state index in [4.69, 9.17) is 14.3 Å². The molecular weight excluding hydrogens is 223 g/mol. The van der Waals surface area contributed by atoms with Crippen LogP contribution in [0.5, 0.6) is 5.75 Å². The van der Waals surface area contributed by atoms with E-state index in [0.29, 0.717) is 5.75 Å². The minimum absolute atomic E-state index is 0.0849. The Hall–Kier alpha value is -0.630. The Morgan fingerprint density at radius 1 is 1.12 bits per heavy atom. The van der Waals surface area contributed by atoms with Gasteiger partial charge in [0.2, 0.25) is 0 Å². The molecule has 0 amide bonds. The van der Waals surface area contributed by atoms with E-state index in [-0.39, 0.29) is 5.41 Å². The van der Waals surface area contributed by atoms with E-state index in [1.165, 1.54) is 0 Å². The summed E-state index contributed by atoms with van der Waals surface area (Å²) in [5.41, 5.74) is 3.10. The van der Waals surface area contributed by atoms with E-state index >= 15 is 0 Å². The summed E-state index contributed by atoms with van der Waals surface area (Å²) in [5, 5.41) is 0. The van der Waals surface area contributed by atoms with E-state index in [2.05, 4.69) is 26.8 Å². The molecule has 0 aromatic heterocycles. The van der Waals surface area contributed by atoms with Gasteiger partial charge in [-0.15, -0.1) is 0 Å². The third kappa shape index (κ3) is 3.18. The Bertz CT molecular complexity index is 381. The van der Waals surface area contributed by atoms with Crippen LogP contribution in [0.1, 0.15) is 37.5 Å². The van der Waals surface area contributed by atoms with Crippen molar-refractivity contribution in [3.63, 3.8) is 0 Å². The zero-order valence-corrected chi connectivity index (χ0v) is 11.3. The van der Waals surface area contributed by atoms with Gasteiger partial charge in [0.05, 0.1) is 0 Å². The maximum absolute atomic E-state index is 8.98. The van der Waals surface area contributed by atoms with Crippen LogP contribution in [0.4, 0.5) is 0 Å². The van der Waals surface area contributed by atoms with Crippen LogP contribution in [-0.2, 0) is 5.41 Å². The lowest BCUT2D eigenvalue weighted by Gasteiger charge is -2.25. The summed E-state index contributed by atoms with van der Waals surface area (Å²) in [6, 6.07) is 3.92. The standard InChI is InChI=1S/C12H19O3P/c1-8-6-9(2)11(12(3,4)5)10(7-8)15-16(13)14/h6-7,13-14H,1-5H3. The number of rotatable bonds is 2. The molecule has 16 heavy (non-hydrogen) atoms. The van der Waals surface area contributed by atoms with Crippen LogP contribution in [0.2, 0.25) is 0 Å². The number of benzene rings is 1. The molecule has 1 aromatic carbocycles. The molecule has 0 aliphatic rings. The predicted molar refractivity (Wildman–Crippen MR) is 66.6 cm³/mol. The molecule has 0 unspecified atom stereocenters. The van der Waals surface area contributed by atoms with Gasteiger partial charge < -0.3 is 14.3 Å². The van der Waals surface area contributed by atoms with Crippen molar-refractivity contribution in [1.82, 2.24) is 0 Å². The first-order chi connectivity index (χ1) is 7.21. The Morgan fingerprint density at radius 2 is 1.69 bits per heavy atom. The van der Waals surface area contributed by atoms with Crippen molar-refractivity contribution in [3.8, 4) is 5.75 Å². The minimum Gasteiger partial charge on any atom is -0.427 e. The van der Waals surface area contributed by atoms with Gasteiger partial charge in [0, 0.05) is 5.56 Å². The lowest BCUT2D eigenvalue weighted by Crippen LogP contribution is -2.15. The molecule has 0 heterocycles. The van der Waals surface area contributed by atoms with Crippen molar-refractivity contribution in [3.05, 3.63) is 28.8 Å². The van der Waals surface area contributed by atoms with Crippen LogP contribution in [0.3, 0.4) is 0 Å². The highest BCUT2D eigenvalue weighted by atomic mass is 31.2. The van der Waals surface area contributed by atoms with Crippen LogP contribution in [0.25, 0.3) is 0 Å². The second kappa shape index (κ2) is 4.70. The van der Waals surface area contributed by atoms with Gasteiger partial charge in [0.15, 0.2) is 0 Å². The molecule has 3 nitrogen and oxygen atoms in total. The highest BCUT2D eigenvalue weighted by molar-refractivity contribution is 7.39. The van der Waals surface area contributed by atoms with Crippen molar-refractivity contribution in [1.29, 1.82) is 0 Å². The van der Waals surface area contributed by atoms with Crippen molar-refractivity contribution >= 4 is 8.60 Å². The first-order valence-electron chi connectivity index (χ1n) is 5.19. The summed E-state index contributed by atoms with van der Waals surface area (Å²) in [6.45, 7) is 10.2. The third-order valence-corrected chi connectivity index (χ3v) is 2.73. The van der Waals surface area contributed by atoms with Gasteiger partial charge in [-0.05, 0) is 36.5 Å². The minimum atomic E-state index is -2.36. The Labute approximate surface area is 98.1 Å². The molecule has 0 saturated heterocycles. The van der Waals surface area contributed by atoms with Gasteiger partial charge in [-0.1, -0.05) is 26.8 Å². The first-order valence-corrected chi connectivity index (χ1v) is 6.36. The molecular formula is C12H19O3P. The maximum atomic E-state index is 8.98. The number of hydrogen-bond donors (Lipinski definition) is 2. The molecule has 90 valence electrons. The summed E-state index contributed by atoms with van der Waals surface area (Å²) in [7, 11) is -2.36. The van der Waals surface area contributed by atoms with E-state index in [0.717, 1.165) is 16.7 Å². The number of hydrogen-bond acceptors (Lipinski definition) is 3. The SMILES string of the molecule is Cc1cc(C)c(C(C)(C)C)c(OP(O)O)c1. The molecule has 0 aliphatic heterocycles. The van der Waals surface area contributed by atoms with Gasteiger partial charge in [-0.25, -0.2) is 0 Å². The van der Waals surface area contributed by atoms with E-state index < -0.39 is 8.60 Å². The fraction of sp³-hybridized carbons (Fsp3) is 0.500. The predicted octanol–water partition coefficient (Wildman–Crippen LogP) is 3.19. The monoisotopic (exact) mass is 242 g/mol. The quantitative estimate of drug-likeness (QED) is 0.783. The molecule has 1 aromatic rings. The fourth-order valence-electron chi connectivity index (χ4n) is 2.05. The maximum Gasteiger partial charge on any atom is 0.391 e. The van der Waals surface area contributed by atoms with Crippen LogP contribution in [-0.4, -0.2) is 9.79 Å². The Morgan fingerprint density at radius 3 is 2.12 bits per heavy atom. The van der Waals surface area contributed by atoms with Crippen molar-refractivity contribution in [2.45, 2.75) is 40.0 Å². The molecule has 1 rings (SSSR count). The van der Waals surface area contributed by atoms with Crippen LogP contribution < -0.4 is 4.52 Å². The lowest BCUT2D eigenvalue weighted by molar-refractivity contribution is 0.369. The van der Waals surface area contributed by atoms with E-state index in [1.54, 1.807) is 0 Å². The third-order valence-electron chi connectivity index (χ3n) is 2.37. The first kappa shape index (κ1) is 13.4. The zero-order chi connectivity index (χ0) is 12.5. The van der Waals surface area contributed by atoms with Crippen LogP contribution in [0, 0.1) is 13.8 Å². The molecule has 0 atom stereocenters. The second-order valence-electron chi connectivity index (χ2n) is 5.05. The number of aryl methyl sites for hydroxylation is 2. The van der Waals surface area contributed by atoms with Crippen LogP contribution in [0.15, 0.2) is 12.1 Å². The average molecular weight is 242 g/mol. The summed E-state index contributed by atoms with van der Waals surface area (Å²) >= 11 is 0. The second-order valence-corrected chi connectivity index (χ2v) is 5.74. The summed E-state index contributed by atoms with van der Waals surface area (Å²) in [6.07, 6.45) is 0. The smallest absolute Gasteiger partial charge is 0.391 e. The fourth-order valence-corrected chi connectivity index (χ4v) is 2.37. The molecule has 0 saturated carbocycles. The van der Waals surface area contributed by atoms with Gasteiger partial charge in [0.1, 0.15) is 5.75 Å². The molecule has 0 aliphatic carbocycles. The zero-order valence-electron chi connectivity index (χ0n) is 10.4. The van der Waals surface area contributed by atoms with E-state index in [1.807, 2.05) is 19.9 Å². The molecule has 0 bridgehead atoms.